The van der Waals surface area contributed by atoms with Crippen LogP contribution in [0.1, 0.15) is 50.9 Å². The molecule has 4 nitrogen and oxygen atoms in total. The van der Waals surface area contributed by atoms with Gasteiger partial charge in [0, 0.05) is 19.0 Å². The summed E-state index contributed by atoms with van der Waals surface area (Å²) in [5, 5.41) is 5.40. The van der Waals surface area contributed by atoms with Crippen molar-refractivity contribution in [1.82, 2.24) is 15.2 Å². The van der Waals surface area contributed by atoms with Gasteiger partial charge in [-0.3, -0.25) is 16.0 Å². The second-order valence-electron chi connectivity index (χ2n) is 5.48. The Morgan fingerprint density at radius 3 is 2.68 bits per heavy atom. The van der Waals surface area contributed by atoms with Crippen LogP contribution in [0, 0.1) is 5.92 Å². The van der Waals surface area contributed by atoms with Gasteiger partial charge in [-0.1, -0.05) is 37.8 Å². The molecule has 0 spiro atoms. The summed E-state index contributed by atoms with van der Waals surface area (Å²) in [5.74, 6) is 6.54. The van der Waals surface area contributed by atoms with Crippen LogP contribution in [0.15, 0.2) is 0 Å². The quantitative estimate of drug-likeness (QED) is 0.598. The molecule has 1 heterocycles. The number of nitrogens with one attached hydrogen (secondary N) is 1. The van der Waals surface area contributed by atoms with Crippen molar-refractivity contribution in [2.75, 3.05) is 0 Å². The van der Waals surface area contributed by atoms with Crippen LogP contribution < -0.4 is 11.3 Å². The van der Waals surface area contributed by atoms with Crippen molar-refractivity contribution < 1.29 is 0 Å². The zero-order valence-electron chi connectivity index (χ0n) is 12.0. The lowest BCUT2D eigenvalue weighted by Crippen LogP contribution is -2.39. The maximum absolute atomic E-state index is 6.44. The lowest BCUT2D eigenvalue weighted by Gasteiger charge is -2.29. The lowest BCUT2D eigenvalue weighted by atomic mass is 9.80. The molecule has 1 atom stereocenters. The van der Waals surface area contributed by atoms with E-state index in [4.69, 9.17) is 17.4 Å². The maximum atomic E-state index is 6.44. The molecule has 5 heteroatoms. The normalized spacial score (nSPS) is 17.5. The van der Waals surface area contributed by atoms with Crippen molar-refractivity contribution in [2.45, 2.75) is 65.0 Å². The van der Waals surface area contributed by atoms with E-state index >= 15 is 0 Å². The Balaban J connectivity index is 2.08. The Morgan fingerprint density at radius 2 is 2.21 bits per heavy atom. The van der Waals surface area contributed by atoms with Crippen molar-refractivity contribution in [1.29, 1.82) is 0 Å². The first-order valence-electron chi connectivity index (χ1n) is 7.39. The van der Waals surface area contributed by atoms with E-state index in [9.17, 15) is 0 Å². The van der Waals surface area contributed by atoms with Crippen LogP contribution in [-0.4, -0.2) is 15.8 Å². The van der Waals surface area contributed by atoms with Gasteiger partial charge in [-0.2, -0.15) is 5.10 Å². The number of hydrogen-bond donors (Lipinski definition) is 2. The van der Waals surface area contributed by atoms with Crippen molar-refractivity contribution in [3.05, 3.63) is 16.4 Å². The Hall–Kier alpha value is -0.580. The number of hydrogen-bond acceptors (Lipinski definition) is 3. The second-order valence-corrected chi connectivity index (χ2v) is 5.85. The Morgan fingerprint density at radius 1 is 1.47 bits per heavy atom. The minimum Gasteiger partial charge on any atom is -0.271 e. The number of nitrogens with zero attached hydrogens (tertiary/aromatic N) is 2. The number of aromatic nitrogens is 2. The maximum Gasteiger partial charge on any atom is 0.0850 e. The van der Waals surface area contributed by atoms with Gasteiger partial charge >= 0.3 is 0 Å². The molecule has 0 aliphatic heterocycles. The molecule has 1 saturated carbocycles. The van der Waals surface area contributed by atoms with E-state index in [0.717, 1.165) is 48.1 Å². The summed E-state index contributed by atoms with van der Waals surface area (Å²) in [5.41, 5.74) is 5.08. The third-order valence-electron chi connectivity index (χ3n) is 4.21. The van der Waals surface area contributed by atoms with E-state index in [1.165, 1.54) is 19.3 Å². The summed E-state index contributed by atoms with van der Waals surface area (Å²) >= 11 is 6.44. The molecule has 0 radical (unpaired) electrons. The van der Waals surface area contributed by atoms with Gasteiger partial charge in [0.1, 0.15) is 0 Å². The van der Waals surface area contributed by atoms with Crippen LogP contribution in [0.3, 0.4) is 0 Å². The molecule has 1 fully saturated rings. The highest BCUT2D eigenvalue weighted by Crippen LogP contribution is 2.32. The Bertz CT molecular complexity index is 412. The van der Waals surface area contributed by atoms with Crippen LogP contribution in [0.4, 0.5) is 0 Å². The van der Waals surface area contributed by atoms with Gasteiger partial charge in [0.05, 0.1) is 16.4 Å². The first-order valence-corrected chi connectivity index (χ1v) is 7.77. The van der Waals surface area contributed by atoms with Crippen molar-refractivity contribution >= 4 is 11.6 Å². The molecular weight excluding hydrogens is 260 g/mol. The number of hydrazine groups is 1. The number of halogens is 1. The third kappa shape index (κ3) is 3.30. The molecule has 3 N–H and O–H groups in total. The van der Waals surface area contributed by atoms with E-state index in [0.29, 0.717) is 6.04 Å². The molecule has 0 saturated heterocycles. The van der Waals surface area contributed by atoms with Crippen molar-refractivity contribution in [2.24, 2.45) is 11.8 Å². The van der Waals surface area contributed by atoms with Gasteiger partial charge in [0.15, 0.2) is 0 Å². The molecule has 0 amide bonds. The standard InChI is InChI=1S/C14H25ClN4/c1-3-12-14(15)13(19(4-2)18-12)9-11(17-16)8-10-6-5-7-10/h10-11,17H,3-9,16H2,1-2H3. The molecule has 19 heavy (non-hydrogen) atoms. The van der Waals surface area contributed by atoms with Crippen LogP contribution in [-0.2, 0) is 19.4 Å². The van der Waals surface area contributed by atoms with Gasteiger partial charge in [-0.25, -0.2) is 0 Å². The second kappa shape index (κ2) is 6.73. The van der Waals surface area contributed by atoms with E-state index in [-0.39, 0.29) is 0 Å². The average Bonchev–Trinajstić information content (AvgIpc) is 2.68. The fourth-order valence-electron chi connectivity index (χ4n) is 2.79. The molecule has 1 aromatic rings. The monoisotopic (exact) mass is 284 g/mol. The number of rotatable bonds is 7. The largest absolute Gasteiger partial charge is 0.271 e. The summed E-state index contributed by atoms with van der Waals surface area (Å²) < 4.78 is 2.02. The SMILES string of the molecule is CCc1nn(CC)c(CC(CC2CCC2)NN)c1Cl. The summed E-state index contributed by atoms with van der Waals surface area (Å²) in [6, 6.07) is 0.300. The van der Waals surface area contributed by atoms with Crippen LogP contribution in [0.25, 0.3) is 0 Å². The van der Waals surface area contributed by atoms with Crippen molar-refractivity contribution in [3.63, 3.8) is 0 Å². The highest BCUT2D eigenvalue weighted by molar-refractivity contribution is 6.31. The van der Waals surface area contributed by atoms with E-state index in [1.807, 2.05) is 4.68 Å². The predicted molar refractivity (Wildman–Crippen MR) is 79.1 cm³/mol. The minimum absolute atomic E-state index is 0.300. The van der Waals surface area contributed by atoms with Gasteiger partial charge < -0.3 is 0 Å². The van der Waals surface area contributed by atoms with Crippen molar-refractivity contribution in [3.8, 4) is 0 Å². The highest BCUT2D eigenvalue weighted by atomic mass is 35.5. The predicted octanol–water partition coefficient (Wildman–Crippen LogP) is 2.68. The summed E-state index contributed by atoms with van der Waals surface area (Å²) in [6.07, 6.45) is 6.95. The fourth-order valence-corrected chi connectivity index (χ4v) is 3.13. The summed E-state index contributed by atoms with van der Waals surface area (Å²) in [4.78, 5) is 0. The highest BCUT2D eigenvalue weighted by Gasteiger charge is 2.24. The van der Waals surface area contributed by atoms with Crippen LogP contribution in [0.5, 0.6) is 0 Å². The molecule has 2 rings (SSSR count). The smallest absolute Gasteiger partial charge is 0.0850 e. The topological polar surface area (TPSA) is 55.9 Å². The molecule has 1 aliphatic carbocycles. The fraction of sp³-hybridized carbons (Fsp3) is 0.786. The summed E-state index contributed by atoms with van der Waals surface area (Å²) in [7, 11) is 0. The van der Waals surface area contributed by atoms with Gasteiger partial charge in [-0.15, -0.1) is 0 Å². The average molecular weight is 285 g/mol. The number of nitrogens with two attached hydrogens (primary N) is 1. The molecule has 108 valence electrons. The molecular formula is C14H25ClN4. The van der Waals surface area contributed by atoms with Gasteiger partial charge in [0.2, 0.25) is 0 Å². The Kier molecular flexibility index (Phi) is 5.25. The van der Waals surface area contributed by atoms with E-state index in [2.05, 4.69) is 24.4 Å². The summed E-state index contributed by atoms with van der Waals surface area (Å²) in [6.45, 7) is 5.05. The molecule has 0 aromatic carbocycles. The Labute approximate surface area is 120 Å². The van der Waals surface area contributed by atoms with Gasteiger partial charge in [-0.05, 0) is 25.7 Å². The zero-order valence-corrected chi connectivity index (χ0v) is 12.7. The van der Waals surface area contributed by atoms with E-state index in [1.54, 1.807) is 0 Å². The van der Waals surface area contributed by atoms with Crippen LogP contribution >= 0.6 is 11.6 Å². The zero-order chi connectivity index (χ0) is 13.8. The molecule has 1 aromatic heterocycles. The minimum atomic E-state index is 0.300. The lowest BCUT2D eigenvalue weighted by molar-refractivity contribution is 0.258. The van der Waals surface area contributed by atoms with Crippen LogP contribution in [0.2, 0.25) is 5.02 Å². The first-order chi connectivity index (χ1) is 9.19. The number of aryl methyl sites for hydroxylation is 2. The van der Waals surface area contributed by atoms with E-state index < -0.39 is 0 Å². The molecule has 0 bridgehead atoms. The first kappa shape index (κ1) is 14.8. The third-order valence-corrected chi connectivity index (χ3v) is 4.65. The van der Waals surface area contributed by atoms with Gasteiger partial charge in [0.25, 0.3) is 0 Å². The molecule has 1 unspecified atom stereocenters. The molecule has 1 aliphatic rings.